The average Bonchev–Trinajstić information content (AvgIpc) is 3.39. The molecule has 9 heteroatoms. The lowest BCUT2D eigenvalue weighted by molar-refractivity contribution is -0.115. The van der Waals surface area contributed by atoms with Crippen LogP contribution in [-0.4, -0.2) is 25.7 Å². The van der Waals surface area contributed by atoms with E-state index in [1.807, 2.05) is 13.8 Å². The molecule has 4 rings (SSSR count). The molecule has 1 amide bonds. The lowest BCUT2D eigenvalue weighted by atomic mass is 10.1. The maximum absolute atomic E-state index is 13.1. The van der Waals surface area contributed by atoms with Crippen LogP contribution < -0.4 is 10.9 Å². The van der Waals surface area contributed by atoms with Crippen LogP contribution in [0, 0.1) is 5.82 Å². The van der Waals surface area contributed by atoms with Crippen LogP contribution in [0.25, 0.3) is 17.4 Å². The zero-order valence-corrected chi connectivity index (χ0v) is 16.9. The Hall–Kier alpha value is -4.01. The summed E-state index contributed by atoms with van der Waals surface area (Å²) in [6, 6.07) is 12.2. The first-order valence-corrected chi connectivity index (χ1v) is 9.69. The number of carbonyl (C=O) groups is 1. The number of H-pyrrole nitrogens is 1. The molecule has 0 atom stereocenters. The first-order chi connectivity index (χ1) is 14.9. The third kappa shape index (κ3) is 4.61. The predicted molar refractivity (Wildman–Crippen MR) is 113 cm³/mol. The number of hydrogen-bond acceptors (Lipinski definition) is 5. The fourth-order valence-electron chi connectivity index (χ4n) is 3.01. The van der Waals surface area contributed by atoms with E-state index in [4.69, 9.17) is 4.42 Å². The first kappa shape index (κ1) is 20.3. The molecule has 0 saturated carbocycles. The fourth-order valence-corrected chi connectivity index (χ4v) is 3.01. The highest BCUT2D eigenvalue weighted by Crippen LogP contribution is 2.24. The van der Waals surface area contributed by atoms with E-state index in [0.717, 1.165) is 0 Å². The Morgan fingerprint density at radius 1 is 1.23 bits per heavy atom. The molecule has 8 nitrogen and oxygen atoms in total. The molecule has 0 unspecified atom stereocenters. The second-order valence-corrected chi connectivity index (χ2v) is 7.30. The second-order valence-electron chi connectivity index (χ2n) is 7.30. The third-order valence-corrected chi connectivity index (χ3v) is 4.57. The molecule has 0 bridgehead atoms. The number of rotatable bonds is 6. The molecule has 0 saturated heterocycles. The van der Waals surface area contributed by atoms with E-state index in [9.17, 15) is 14.0 Å². The molecular formula is C22H20FN5O3. The molecule has 4 aromatic rings. The first-order valence-electron chi connectivity index (χ1n) is 9.69. The van der Waals surface area contributed by atoms with Crippen LogP contribution in [-0.2, 0) is 11.2 Å². The molecule has 1 aromatic carbocycles. The molecule has 158 valence electrons. The summed E-state index contributed by atoms with van der Waals surface area (Å²) in [7, 11) is 0. The number of benzene rings is 1. The van der Waals surface area contributed by atoms with Crippen LogP contribution >= 0.6 is 0 Å². The minimum Gasteiger partial charge on any atom is -0.463 e. The van der Waals surface area contributed by atoms with Gasteiger partial charge in [-0.25, -0.2) is 9.37 Å². The van der Waals surface area contributed by atoms with Gasteiger partial charge in [-0.2, -0.15) is 9.78 Å². The number of amides is 1. The average molecular weight is 421 g/mol. The number of halogens is 1. The topological polar surface area (TPSA) is 106 Å². The molecule has 0 fully saturated rings. The molecule has 3 heterocycles. The summed E-state index contributed by atoms with van der Waals surface area (Å²) in [4.78, 5) is 31.9. The van der Waals surface area contributed by atoms with Gasteiger partial charge in [0, 0.05) is 12.1 Å². The molecular weight excluding hydrogens is 401 g/mol. The number of nitrogens with zero attached hydrogens (tertiary/aromatic N) is 3. The molecule has 2 N–H and O–H groups in total. The lowest BCUT2D eigenvalue weighted by Gasteiger charge is -2.10. The molecule has 31 heavy (non-hydrogen) atoms. The molecule has 0 aliphatic rings. The standard InChI is InChI=1S/C22H20FN5O3/c1-13(2)16-12-21(30)26-22(24-16)28-19(11-17(27-28)18-4-3-9-31-18)25-20(29)10-14-5-7-15(23)8-6-14/h3-9,11-13H,10H2,1-2H3,(H,25,29)(H,24,26,30). The van der Waals surface area contributed by atoms with Crippen LogP contribution in [0.5, 0.6) is 0 Å². The SMILES string of the molecule is CC(C)c1cc(=O)[nH]c(-n2nc(-c3ccco3)cc2NC(=O)Cc2ccc(F)cc2)n1. The van der Waals surface area contributed by atoms with E-state index in [1.165, 1.54) is 29.1 Å². The number of aromatic nitrogens is 4. The number of furan rings is 1. The van der Waals surface area contributed by atoms with E-state index < -0.39 is 0 Å². The summed E-state index contributed by atoms with van der Waals surface area (Å²) in [6.07, 6.45) is 1.55. The zero-order chi connectivity index (χ0) is 22.0. The van der Waals surface area contributed by atoms with Crippen molar-refractivity contribution in [3.63, 3.8) is 0 Å². The summed E-state index contributed by atoms with van der Waals surface area (Å²) in [6.45, 7) is 3.85. The van der Waals surface area contributed by atoms with Gasteiger partial charge in [-0.3, -0.25) is 14.6 Å². The highest BCUT2D eigenvalue weighted by atomic mass is 19.1. The summed E-state index contributed by atoms with van der Waals surface area (Å²) < 4.78 is 19.9. The second kappa shape index (κ2) is 8.39. The van der Waals surface area contributed by atoms with Crippen molar-refractivity contribution in [2.24, 2.45) is 0 Å². The molecule has 0 spiro atoms. The number of hydrogen-bond donors (Lipinski definition) is 2. The molecule has 0 aliphatic heterocycles. The summed E-state index contributed by atoms with van der Waals surface area (Å²) in [5, 5.41) is 7.25. The van der Waals surface area contributed by atoms with Gasteiger partial charge in [0.2, 0.25) is 11.9 Å². The van der Waals surface area contributed by atoms with Gasteiger partial charge in [-0.1, -0.05) is 26.0 Å². The number of carbonyl (C=O) groups excluding carboxylic acids is 1. The summed E-state index contributed by atoms with van der Waals surface area (Å²) >= 11 is 0. The Bertz CT molecular complexity index is 1260. The van der Waals surface area contributed by atoms with Crippen molar-refractivity contribution in [3.05, 3.63) is 82.2 Å². The number of aromatic amines is 1. The van der Waals surface area contributed by atoms with E-state index in [0.29, 0.717) is 28.5 Å². The van der Waals surface area contributed by atoms with Crippen LogP contribution in [0.2, 0.25) is 0 Å². The van der Waals surface area contributed by atoms with Gasteiger partial charge in [0.15, 0.2) is 5.76 Å². The van der Waals surface area contributed by atoms with Crippen LogP contribution in [0.15, 0.2) is 64.0 Å². The summed E-state index contributed by atoms with van der Waals surface area (Å²) in [5.41, 5.74) is 1.38. The Balaban J connectivity index is 1.70. The van der Waals surface area contributed by atoms with Crippen molar-refractivity contribution in [2.75, 3.05) is 5.32 Å². The zero-order valence-electron chi connectivity index (χ0n) is 16.9. The van der Waals surface area contributed by atoms with Crippen LogP contribution in [0.3, 0.4) is 0 Å². The Kier molecular flexibility index (Phi) is 5.48. The van der Waals surface area contributed by atoms with E-state index >= 15 is 0 Å². The minimum atomic E-state index is -0.370. The van der Waals surface area contributed by atoms with Gasteiger partial charge < -0.3 is 9.73 Å². The molecule has 0 radical (unpaired) electrons. The molecule has 0 aliphatic carbocycles. The highest BCUT2D eigenvalue weighted by Gasteiger charge is 2.18. The quantitative estimate of drug-likeness (QED) is 0.494. The van der Waals surface area contributed by atoms with Crippen molar-refractivity contribution in [3.8, 4) is 17.4 Å². The van der Waals surface area contributed by atoms with Gasteiger partial charge in [0.25, 0.3) is 5.56 Å². The Morgan fingerprint density at radius 2 is 2.00 bits per heavy atom. The highest BCUT2D eigenvalue weighted by molar-refractivity contribution is 5.92. The van der Waals surface area contributed by atoms with Crippen LogP contribution in [0.4, 0.5) is 10.2 Å². The Labute approximate surface area is 176 Å². The van der Waals surface area contributed by atoms with Crippen molar-refractivity contribution < 1.29 is 13.6 Å². The minimum absolute atomic E-state index is 0.0256. The normalized spacial score (nSPS) is 11.1. The van der Waals surface area contributed by atoms with Crippen molar-refractivity contribution >= 4 is 11.7 Å². The largest absolute Gasteiger partial charge is 0.463 e. The van der Waals surface area contributed by atoms with Gasteiger partial charge >= 0.3 is 0 Å². The molecule has 3 aromatic heterocycles. The smallest absolute Gasteiger partial charge is 0.252 e. The summed E-state index contributed by atoms with van der Waals surface area (Å²) in [5.74, 6) is 0.299. The van der Waals surface area contributed by atoms with Gasteiger partial charge in [-0.05, 0) is 35.7 Å². The maximum Gasteiger partial charge on any atom is 0.252 e. The van der Waals surface area contributed by atoms with Gasteiger partial charge in [0.05, 0.1) is 18.4 Å². The number of anilines is 1. The van der Waals surface area contributed by atoms with Crippen molar-refractivity contribution in [1.82, 2.24) is 19.7 Å². The van der Waals surface area contributed by atoms with E-state index in [1.54, 1.807) is 30.3 Å². The van der Waals surface area contributed by atoms with Crippen molar-refractivity contribution in [1.29, 1.82) is 0 Å². The monoisotopic (exact) mass is 421 g/mol. The fraction of sp³-hybridized carbons (Fsp3) is 0.182. The lowest BCUT2D eigenvalue weighted by Crippen LogP contribution is -2.20. The van der Waals surface area contributed by atoms with Crippen molar-refractivity contribution in [2.45, 2.75) is 26.2 Å². The third-order valence-electron chi connectivity index (χ3n) is 4.57. The van der Waals surface area contributed by atoms with Gasteiger partial charge in [-0.15, -0.1) is 0 Å². The van der Waals surface area contributed by atoms with Crippen LogP contribution in [0.1, 0.15) is 31.0 Å². The maximum atomic E-state index is 13.1. The number of nitrogens with one attached hydrogen (secondary N) is 2. The van der Waals surface area contributed by atoms with Gasteiger partial charge in [0.1, 0.15) is 17.3 Å². The Morgan fingerprint density at radius 3 is 2.68 bits per heavy atom. The van der Waals surface area contributed by atoms with E-state index in [-0.39, 0.29) is 35.6 Å². The predicted octanol–water partition coefficient (Wildman–Crippen LogP) is 3.66. The van der Waals surface area contributed by atoms with E-state index in [2.05, 4.69) is 20.4 Å².